The molecule has 0 saturated heterocycles. The Balaban J connectivity index is 0.947. The minimum Gasteiger partial charge on any atom is -0.455 e. The van der Waals surface area contributed by atoms with Gasteiger partial charge in [0.05, 0.1) is 0 Å². The summed E-state index contributed by atoms with van der Waals surface area (Å²) in [6.45, 7) is 4.72. The van der Waals surface area contributed by atoms with Crippen molar-refractivity contribution in [3.63, 3.8) is 0 Å². The van der Waals surface area contributed by atoms with Crippen LogP contribution in [0.1, 0.15) is 25.0 Å². The number of furan rings is 1. The molecule has 2 nitrogen and oxygen atoms in total. The number of anilines is 3. The van der Waals surface area contributed by atoms with Crippen molar-refractivity contribution in [3.8, 4) is 55.6 Å². The predicted octanol–water partition coefficient (Wildman–Crippen LogP) is 19.6. The summed E-state index contributed by atoms with van der Waals surface area (Å²) in [5.74, 6) is 0. The Morgan fingerprint density at radius 1 is 0.371 bits per heavy atom. The minimum atomic E-state index is -0.146. The lowest BCUT2D eigenvalue weighted by molar-refractivity contribution is 0.660. The highest BCUT2D eigenvalue weighted by Crippen LogP contribution is 2.53. The molecule has 1 aliphatic carbocycles. The zero-order valence-corrected chi connectivity index (χ0v) is 39.6. The molecule has 0 radical (unpaired) electrons. The van der Waals surface area contributed by atoms with Crippen LogP contribution in [-0.4, -0.2) is 0 Å². The first-order valence-electron chi connectivity index (χ1n) is 24.2. The first kappa shape index (κ1) is 40.6. The molecule has 0 fully saturated rings. The summed E-state index contributed by atoms with van der Waals surface area (Å²) >= 11 is 1.90. The Kier molecular flexibility index (Phi) is 9.14. The van der Waals surface area contributed by atoms with Gasteiger partial charge in [-0.25, -0.2) is 0 Å². The van der Waals surface area contributed by atoms with Crippen LogP contribution in [0.25, 0.3) is 109 Å². The predicted molar refractivity (Wildman–Crippen MR) is 298 cm³/mol. The van der Waals surface area contributed by atoms with Crippen molar-refractivity contribution in [2.45, 2.75) is 19.3 Å². The van der Waals surface area contributed by atoms with E-state index in [0.717, 1.165) is 50.1 Å². The highest BCUT2D eigenvalue weighted by molar-refractivity contribution is 7.26. The summed E-state index contributed by atoms with van der Waals surface area (Å²) in [5, 5.41) is 7.41. The second kappa shape index (κ2) is 15.8. The average molecular weight is 912 g/mol. The van der Waals surface area contributed by atoms with Gasteiger partial charge in [0.2, 0.25) is 0 Å². The Labute approximate surface area is 411 Å². The molecule has 14 rings (SSSR count). The van der Waals surface area contributed by atoms with E-state index < -0.39 is 0 Å². The van der Waals surface area contributed by atoms with Gasteiger partial charge in [-0.3, -0.25) is 0 Å². The van der Waals surface area contributed by atoms with Crippen molar-refractivity contribution in [1.29, 1.82) is 0 Å². The Morgan fingerprint density at radius 2 is 0.914 bits per heavy atom. The van der Waals surface area contributed by atoms with Crippen LogP contribution in [0.3, 0.4) is 0 Å². The monoisotopic (exact) mass is 911 g/mol. The molecule has 2 heterocycles. The smallest absolute Gasteiger partial charge is 0.143 e. The van der Waals surface area contributed by atoms with Crippen molar-refractivity contribution in [1.82, 2.24) is 0 Å². The van der Waals surface area contributed by atoms with E-state index in [1.807, 2.05) is 17.4 Å². The molecule has 13 aromatic rings. The first-order valence-corrected chi connectivity index (χ1v) is 25.0. The Morgan fingerprint density at radius 3 is 1.70 bits per heavy atom. The van der Waals surface area contributed by atoms with Gasteiger partial charge in [-0.15, -0.1) is 11.3 Å². The van der Waals surface area contributed by atoms with Crippen molar-refractivity contribution < 1.29 is 4.42 Å². The Bertz CT molecular complexity index is 4180. The van der Waals surface area contributed by atoms with Gasteiger partial charge in [0.15, 0.2) is 0 Å². The van der Waals surface area contributed by atoms with Gasteiger partial charge < -0.3 is 9.32 Å². The minimum absolute atomic E-state index is 0.146. The second-order valence-corrected chi connectivity index (χ2v) is 20.2. The third kappa shape index (κ3) is 6.25. The lowest BCUT2D eigenvalue weighted by atomic mass is 9.82. The standard InChI is InChI=1S/C67H45NOS/c1-67(2)58-24-11-8-17-51(58)52-40-39-49(41-59(52)67)68(47-35-31-44(32-36-47)50-22-14-23-55-53-18-9-12-25-60(53)69-65(50)55)48-37-33-46(34-38-48)63-62(45-29-27-43(28-30-45)42-15-4-3-5-16-42)54-19-6-7-20-56(54)66-64(63)57-21-10-13-26-61(57)70-66/h3-41H,1-2H3. The fraction of sp³-hybridized carbons (Fsp3) is 0.0448. The van der Waals surface area contributed by atoms with E-state index in [0.29, 0.717) is 0 Å². The van der Waals surface area contributed by atoms with Crippen LogP contribution < -0.4 is 4.90 Å². The molecule has 0 unspecified atom stereocenters. The third-order valence-electron chi connectivity index (χ3n) is 14.9. The third-order valence-corrected chi connectivity index (χ3v) is 16.1. The molecule has 0 amide bonds. The van der Waals surface area contributed by atoms with Gasteiger partial charge in [0.1, 0.15) is 11.2 Å². The number of nitrogens with zero attached hydrogens (tertiary/aromatic N) is 1. The molecule has 0 spiro atoms. The number of benzene rings is 11. The molecule has 0 saturated carbocycles. The number of hydrogen-bond acceptors (Lipinski definition) is 3. The summed E-state index contributed by atoms with van der Waals surface area (Å²) < 4.78 is 9.13. The van der Waals surface area contributed by atoms with Crippen LogP contribution in [0.4, 0.5) is 17.1 Å². The van der Waals surface area contributed by atoms with Gasteiger partial charge >= 0.3 is 0 Å². The van der Waals surface area contributed by atoms with Crippen LogP contribution in [0.2, 0.25) is 0 Å². The van der Waals surface area contributed by atoms with Crippen LogP contribution in [0.5, 0.6) is 0 Å². The molecule has 70 heavy (non-hydrogen) atoms. The first-order chi connectivity index (χ1) is 34.5. The van der Waals surface area contributed by atoms with Crippen LogP contribution >= 0.6 is 11.3 Å². The van der Waals surface area contributed by atoms with Gasteiger partial charge in [0, 0.05) is 64.4 Å². The molecular weight excluding hydrogens is 867 g/mol. The van der Waals surface area contributed by atoms with Crippen molar-refractivity contribution in [2.75, 3.05) is 4.90 Å². The maximum atomic E-state index is 6.51. The topological polar surface area (TPSA) is 16.4 Å². The number of para-hydroxylation sites is 2. The summed E-state index contributed by atoms with van der Waals surface area (Å²) in [6.07, 6.45) is 0. The molecule has 0 bridgehead atoms. The van der Waals surface area contributed by atoms with Crippen molar-refractivity contribution in [2.24, 2.45) is 0 Å². The summed E-state index contributed by atoms with van der Waals surface area (Å²) in [5.41, 5.74) is 19.8. The molecule has 330 valence electrons. The normalized spacial score (nSPS) is 12.8. The van der Waals surface area contributed by atoms with Crippen molar-refractivity contribution in [3.05, 3.63) is 248 Å². The molecule has 0 N–H and O–H groups in total. The van der Waals surface area contributed by atoms with E-state index in [2.05, 4.69) is 249 Å². The SMILES string of the molecule is CC1(C)c2ccccc2-c2ccc(N(c3ccc(-c4cccc5c4oc4ccccc45)cc3)c3ccc(-c4c(-c5ccc(-c6ccccc6)cc5)c5ccccc5c5sc6ccccc6c45)cc3)cc21. The van der Waals surface area contributed by atoms with Gasteiger partial charge in [-0.05, 0) is 115 Å². The van der Waals surface area contributed by atoms with Gasteiger partial charge in [-0.1, -0.05) is 202 Å². The van der Waals surface area contributed by atoms with Crippen LogP contribution in [-0.2, 0) is 5.41 Å². The maximum Gasteiger partial charge on any atom is 0.143 e. The fourth-order valence-electron chi connectivity index (χ4n) is 11.5. The quantitative estimate of drug-likeness (QED) is 0.158. The van der Waals surface area contributed by atoms with Gasteiger partial charge in [-0.2, -0.15) is 0 Å². The van der Waals surface area contributed by atoms with Crippen LogP contribution in [0.15, 0.2) is 241 Å². The van der Waals surface area contributed by atoms with Crippen LogP contribution in [0, 0.1) is 0 Å². The van der Waals surface area contributed by atoms with E-state index in [1.54, 1.807) is 0 Å². The van der Waals surface area contributed by atoms with E-state index in [4.69, 9.17) is 4.42 Å². The number of thiophene rings is 1. The van der Waals surface area contributed by atoms with Crippen molar-refractivity contribution >= 4 is 81.3 Å². The van der Waals surface area contributed by atoms with E-state index >= 15 is 0 Å². The highest BCUT2D eigenvalue weighted by atomic mass is 32.1. The lowest BCUT2D eigenvalue weighted by Crippen LogP contribution is -2.16. The van der Waals surface area contributed by atoms with E-state index in [1.165, 1.54) is 86.6 Å². The Hall–Kier alpha value is -8.50. The van der Waals surface area contributed by atoms with Gasteiger partial charge in [0.25, 0.3) is 0 Å². The molecule has 11 aromatic carbocycles. The fourth-order valence-corrected chi connectivity index (χ4v) is 12.8. The molecule has 0 atom stereocenters. The zero-order valence-electron chi connectivity index (χ0n) is 38.8. The molecule has 0 aliphatic heterocycles. The second-order valence-electron chi connectivity index (χ2n) is 19.2. The zero-order chi connectivity index (χ0) is 46.5. The molecular formula is C67H45NOS. The number of rotatable bonds is 7. The molecule has 3 heteroatoms. The summed E-state index contributed by atoms with van der Waals surface area (Å²) in [6, 6.07) is 86.8. The maximum absolute atomic E-state index is 6.51. The van der Waals surface area contributed by atoms with E-state index in [-0.39, 0.29) is 5.41 Å². The largest absolute Gasteiger partial charge is 0.455 e. The summed E-state index contributed by atoms with van der Waals surface area (Å²) in [4.78, 5) is 2.42. The summed E-state index contributed by atoms with van der Waals surface area (Å²) in [7, 11) is 0. The van der Waals surface area contributed by atoms with E-state index in [9.17, 15) is 0 Å². The molecule has 2 aromatic heterocycles. The number of hydrogen-bond donors (Lipinski definition) is 0. The highest BCUT2D eigenvalue weighted by Gasteiger charge is 2.36. The average Bonchev–Trinajstić information content (AvgIpc) is 4.07. The molecule has 1 aliphatic rings. The lowest BCUT2D eigenvalue weighted by Gasteiger charge is -2.28. The number of fused-ring (bicyclic) bond motifs is 11.